The van der Waals surface area contributed by atoms with E-state index in [1.165, 1.54) is 0 Å². The number of aryl methyl sites for hydroxylation is 12. The molecule has 0 atom stereocenters. The van der Waals surface area contributed by atoms with E-state index < -0.39 is 11.1 Å². The Morgan fingerprint density at radius 1 is 0.333 bits per heavy atom. The maximum atomic E-state index is 13.1. The highest BCUT2D eigenvalue weighted by molar-refractivity contribution is 5.89. The molecular weight excluding hydrogens is 1250 g/mol. The Balaban J connectivity index is 0.000000190. The van der Waals surface area contributed by atoms with Gasteiger partial charge in [-0.2, -0.15) is 0 Å². The van der Waals surface area contributed by atoms with Gasteiger partial charge in [0.05, 0.1) is 152 Å². The molecule has 0 saturated carbocycles. The Labute approximate surface area is 580 Å². The monoisotopic (exact) mass is 1340 g/mol. The summed E-state index contributed by atoms with van der Waals surface area (Å²) in [5.41, 5.74) is 5.52. The predicted octanol–water partition coefficient (Wildman–Crippen LogP) is 2.10. The van der Waals surface area contributed by atoms with Gasteiger partial charge in [-0.3, -0.25) is 30.0 Å². The fourth-order valence-electron chi connectivity index (χ4n) is 11.6. The third kappa shape index (κ3) is 18.0. The van der Waals surface area contributed by atoms with Crippen LogP contribution < -0.4 is 58.0 Å². The Bertz CT molecular complexity index is 4300. The fourth-order valence-corrected chi connectivity index (χ4v) is 11.6. The van der Waals surface area contributed by atoms with Crippen LogP contribution in [-0.4, -0.2) is 62.8 Å². The third-order valence-electron chi connectivity index (χ3n) is 17.2. The Hall–Kier alpha value is -11.0. The van der Waals surface area contributed by atoms with Crippen LogP contribution in [0.3, 0.4) is 0 Å². The summed E-state index contributed by atoms with van der Waals surface area (Å²) >= 11 is 0. The van der Waals surface area contributed by atoms with Crippen molar-refractivity contribution in [2.45, 2.75) is 139 Å². The second-order valence-electron chi connectivity index (χ2n) is 25.1. The number of nitrogens with zero attached hydrogens (tertiary/aromatic N) is 18. The number of imidazole rings is 6. The highest BCUT2D eigenvalue weighted by Gasteiger charge is 2.28. The summed E-state index contributed by atoms with van der Waals surface area (Å²) in [5.74, 6) is 1.75. The number of hydrogen-bond acceptors (Lipinski definition) is 12. The fraction of sp³-hybridized carbons (Fsp3) is 0.360. The van der Waals surface area contributed by atoms with Crippen LogP contribution >= 0.6 is 0 Å². The second-order valence-corrected chi connectivity index (χ2v) is 25.1. The first kappa shape index (κ1) is 73.8. The number of aliphatic imine (C=N–C) groups is 6. The minimum Gasteiger partial charge on any atom is -0.853 e. The Morgan fingerprint density at radius 3 is 0.879 bits per heavy atom. The SMILES string of the molecule is CCn1cc[n+](C)c1C([O-])=NC(C)(C)c1cccc(C(C)(C)N=C([O-])c2n(CC)cc[n+]2C)c1.CCn1cc[n+](C)c1C([O-])=NCc1cccc(CN=C([O-])c2n(CC)cc[n+]2C)c1.CCn1cc[n+](C)c1C([O-])=Nc1ccc(Cc2ccc(N=C([O-])c3n(CC)cc[n+]3C)cc2)cc1. The smallest absolute Gasteiger partial charge is 0.292 e. The molecule has 0 aliphatic heterocycles. The van der Waals surface area contributed by atoms with E-state index in [2.05, 4.69) is 30.0 Å². The molecular formula is C75H94N18O6. The average molecular weight is 1340 g/mol. The summed E-state index contributed by atoms with van der Waals surface area (Å²) in [6, 6.07) is 30.9. The van der Waals surface area contributed by atoms with Crippen molar-refractivity contribution < 1.29 is 58.0 Å². The van der Waals surface area contributed by atoms with Gasteiger partial charge < -0.3 is 30.6 Å². The molecule has 6 aromatic heterocycles. The summed E-state index contributed by atoms with van der Waals surface area (Å²) in [6.45, 7) is 24.4. The van der Waals surface area contributed by atoms with Gasteiger partial charge >= 0.3 is 0 Å². The molecule has 0 fully saturated rings. The predicted molar refractivity (Wildman–Crippen MR) is 368 cm³/mol. The zero-order valence-electron chi connectivity index (χ0n) is 60.0. The molecule has 0 unspecified atom stereocenters. The van der Waals surface area contributed by atoms with E-state index >= 15 is 0 Å². The van der Waals surface area contributed by atoms with Gasteiger partial charge in [0.15, 0.2) is 0 Å². The van der Waals surface area contributed by atoms with E-state index in [4.69, 9.17) is 0 Å². The van der Waals surface area contributed by atoms with Crippen LogP contribution in [0.15, 0.2) is 201 Å². The zero-order chi connectivity index (χ0) is 71.9. The molecule has 520 valence electrons. The molecule has 10 rings (SSSR count). The molecule has 0 radical (unpaired) electrons. The van der Waals surface area contributed by atoms with Crippen molar-refractivity contribution in [3.63, 3.8) is 0 Å². The van der Waals surface area contributed by atoms with Crippen LogP contribution in [-0.2, 0) is 112 Å². The van der Waals surface area contributed by atoms with E-state index in [-0.39, 0.29) is 48.5 Å². The summed E-state index contributed by atoms with van der Waals surface area (Å²) in [7, 11) is 11.0. The highest BCUT2D eigenvalue weighted by Crippen LogP contribution is 2.32. The van der Waals surface area contributed by atoms with Gasteiger partial charge in [0.1, 0.15) is 74.4 Å². The number of hydrogen-bond donors (Lipinski definition) is 0. The molecule has 0 N–H and O–H groups in total. The van der Waals surface area contributed by atoms with Crippen molar-refractivity contribution in [3.8, 4) is 0 Å². The van der Waals surface area contributed by atoms with Crippen LogP contribution in [0, 0.1) is 0 Å². The second kappa shape index (κ2) is 32.8. The molecule has 0 aliphatic rings. The summed E-state index contributed by atoms with van der Waals surface area (Å²) in [4.78, 5) is 26.1. The van der Waals surface area contributed by atoms with E-state index in [0.29, 0.717) is 85.6 Å². The molecule has 0 aliphatic carbocycles. The lowest BCUT2D eigenvalue weighted by Gasteiger charge is -2.28. The Kier molecular flexibility index (Phi) is 24.4. The van der Waals surface area contributed by atoms with Crippen molar-refractivity contribution in [2.24, 2.45) is 72.2 Å². The van der Waals surface area contributed by atoms with E-state index in [9.17, 15) is 30.6 Å². The average Bonchev–Trinajstić information content (AvgIpc) is 1.77. The van der Waals surface area contributed by atoms with Gasteiger partial charge in [0.2, 0.25) is 0 Å². The minimum absolute atomic E-state index is 0.248. The Morgan fingerprint density at radius 2 is 0.596 bits per heavy atom. The van der Waals surface area contributed by atoms with Crippen LogP contribution in [0.4, 0.5) is 11.4 Å². The molecule has 0 saturated heterocycles. The van der Waals surface area contributed by atoms with Crippen molar-refractivity contribution in [1.82, 2.24) is 27.4 Å². The molecule has 24 heteroatoms. The van der Waals surface area contributed by atoms with Gasteiger partial charge in [-0.25, -0.2) is 54.8 Å². The molecule has 99 heavy (non-hydrogen) atoms. The van der Waals surface area contributed by atoms with Gasteiger partial charge in [-0.05, 0) is 133 Å². The number of aromatic nitrogens is 12. The van der Waals surface area contributed by atoms with E-state index in [1.54, 1.807) is 27.4 Å². The number of rotatable bonds is 24. The molecule has 4 aromatic carbocycles. The first-order chi connectivity index (χ1) is 47.2. The van der Waals surface area contributed by atoms with Crippen molar-refractivity contribution >= 4 is 46.8 Å². The van der Waals surface area contributed by atoms with Crippen LogP contribution in [0.5, 0.6) is 0 Å². The maximum absolute atomic E-state index is 13.1. The van der Waals surface area contributed by atoms with Crippen molar-refractivity contribution in [2.75, 3.05) is 0 Å². The topological polar surface area (TPSA) is 265 Å². The highest BCUT2D eigenvalue weighted by atomic mass is 16.3. The van der Waals surface area contributed by atoms with E-state index in [1.807, 2.05) is 310 Å². The molecule has 6 heterocycles. The first-order valence-electron chi connectivity index (χ1n) is 33.4. The molecule has 0 bridgehead atoms. The first-order valence-corrected chi connectivity index (χ1v) is 33.4. The largest absolute Gasteiger partial charge is 0.853 e. The summed E-state index contributed by atoms with van der Waals surface area (Å²) in [6.07, 6.45) is 23.1. The van der Waals surface area contributed by atoms with Gasteiger partial charge in [-0.15, -0.1) is 0 Å². The lowest BCUT2D eigenvalue weighted by atomic mass is 9.88. The normalized spacial score (nSPS) is 12.8. The standard InChI is InChI=1S/C27H30N6O2.C26H36N6O2.C22H28N6O2/c1-5-32-17-15-30(3)26(32)24(34)28-22-11-7-20(8-12-22)19-21-9-13-23(14-10-21)29-25(35)27-31(4)16-18-33(27)6-2;1-9-31-16-14-29(7)23(31)21(33)27-25(3,4)19-12-11-13-20(18-19)26(5,6)28-22(34)24-30(8)15-17-32(24)10-2;1-5-27-12-10-25(3)21(27)19(29)23-15-17-8-7-9-18(14-17)16-24-20(30)22-26(4)11-13-28(22)6-2/h7-18H,5-6,19H2,1-4H3;11-18H,9-10H2,1-8H3;7-14H,5-6,15-16H2,1-4H3. The summed E-state index contributed by atoms with van der Waals surface area (Å²) in [5, 5.41) is 76.5. The third-order valence-corrected chi connectivity index (χ3v) is 17.2. The number of benzene rings is 4. The van der Waals surface area contributed by atoms with Gasteiger partial charge in [0, 0.05) is 0 Å². The van der Waals surface area contributed by atoms with Crippen LogP contribution in [0.1, 0.15) is 138 Å². The van der Waals surface area contributed by atoms with Gasteiger partial charge in [0.25, 0.3) is 34.9 Å². The van der Waals surface area contributed by atoms with Gasteiger partial charge in [-0.1, -0.05) is 72.8 Å². The molecule has 0 spiro atoms. The zero-order valence-corrected chi connectivity index (χ0v) is 60.0. The van der Waals surface area contributed by atoms with Crippen molar-refractivity contribution in [1.29, 1.82) is 0 Å². The maximum Gasteiger partial charge on any atom is 0.292 e. The van der Waals surface area contributed by atoms with Crippen molar-refractivity contribution in [3.05, 3.63) is 240 Å². The molecule has 24 nitrogen and oxygen atoms in total. The summed E-state index contributed by atoms with van der Waals surface area (Å²) < 4.78 is 22.0. The lowest BCUT2D eigenvalue weighted by molar-refractivity contribution is -0.674. The van der Waals surface area contributed by atoms with E-state index in [0.717, 1.165) is 39.8 Å². The van der Waals surface area contributed by atoms with Crippen LogP contribution in [0.2, 0.25) is 0 Å². The molecule has 10 aromatic rings. The lowest BCUT2D eigenvalue weighted by Crippen LogP contribution is -2.41. The molecule has 0 amide bonds. The minimum atomic E-state index is -0.758. The van der Waals surface area contributed by atoms with Crippen LogP contribution in [0.25, 0.3) is 0 Å². The quantitative estimate of drug-likeness (QED) is 0.0497.